The number of hydrogen-bond acceptors (Lipinski definition) is 3. The van der Waals surface area contributed by atoms with Crippen LogP contribution < -0.4 is 15.2 Å². The fraction of sp³-hybridized carbons (Fsp3) is 0.533. The van der Waals surface area contributed by atoms with Gasteiger partial charge in [0.2, 0.25) is 0 Å². The van der Waals surface area contributed by atoms with E-state index in [1.54, 1.807) is 0 Å². The van der Waals surface area contributed by atoms with Crippen molar-refractivity contribution in [3.05, 3.63) is 22.7 Å². The van der Waals surface area contributed by atoms with Gasteiger partial charge in [-0.05, 0) is 37.0 Å². The third-order valence-electron chi connectivity index (χ3n) is 3.79. The van der Waals surface area contributed by atoms with Crippen molar-refractivity contribution in [1.82, 2.24) is 4.90 Å². The van der Waals surface area contributed by atoms with Crippen molar-refractivity contribution in [1.29, 1.82) is 0 Å². The lowest BCUT2D eigenvalue weighted by atomic mass is 10.1. The zero-order chi connectivity index (χ0) is 14.8. The summed E-state index contributed by atoms with van der Waals surface area (Å²) >= 11 is 6.22. The molecule has 2 N–H and O–H groups in total. The molecule has 0 spiro atoms. The number of guanidine groups is 1. The average Bonchev–Trinajstić information content (AvgIpc) is 3.31. The molecule has 1 aromatic carbocycles. The van der Waals surface area contributed by atoms with E-state index in [0.29, 0.717) is 42.5 Å². The predicted octanol–water partition coefficient (Wildman–Crippen LogP) is 2.06. The lowest BCUT2D eigenvalue weighted by molar-refractivity contribution is 0.171. The van der Waals surface area contributed by atoms with Gasteiger partial charge in [-0.3, -0.25) is 4.99 Å². The Hall–Kier alpha value is -1.62. The van der Waals surface area contributed by atoms with Crippen molar-refractivity contribution in [3.8, 4) is 11.5 Å². The van der Waals surface area contributed by atoms with Crippen LogP contribution in [0.2, 0.25) is 5.02 Å². The van der Waals surface area contributed by atoms with Crippen molar-refractivity contribution in [2.45, 2.75) is 25.3 Å². The van der Waals surface area contributed by atoms with Gasteiger partial charge in [0.1, 0.15) is 13.2 Å². The molecule has 3 rings (SSSR count). The summed E-state index contributed by atoms with van der Waals surface area (Å²) in [5.74, 6) is 1.97. The molecule has 6 heteroatoms. The highest BCUT2D eigenvalue weighted by atomic mass is 35.5. The normalized spacial score (nSPS) is 17.7. The molecule has 1 heterocycles. The third-order valence-corrected chi connectivity index (χ3v) is 4.07. The first kappa shape index (κ1) is 14.3. The number of hydrogen-bond donors (Lipinski definition) is 1. The van der Waals surface area contributed by atoms with Crippen LogP contribution in [-0.2, 0) is 6.42 Å². The fourth-order valence-electron chi connectivity index (χ4n) is 2.37. The molecule has 1 saturated carbocycles. The van der Waals surface area contributed by atoms with Gasteiger partial charge >= 0.3 is 0 Å². The molecule has 5 nitrogen and oxygen atoms in total. The zero-order valence-corrected chi connectivity index (χ0v) is 12.9. The van der Waals surface area contributed by atoms with Crippen LogP contribution in [-0.4, -0.2) is 43.7 Å². The van der Waals surface area contributed by atoms with Crippen LogP contribution in [0.5, 0.6) is 11.5 Å². The molecule has 1 fully saturated rings. The lowest BCUT2D eigenvalue weighted by Gasteiger charge is -2.20. The summed E-state index contributed by atoms with van der Waals surface area (Å²) in [6.07, 6.45) is 3.20. The third kappa shape index (κ3) is 3.35. The molecule has 0 aromatic heterocycles. The van der Waals surface area contributed by atoms with Gasteiger partial charge in [-0.15, -0.1) is 0 Å². The van der Waals surface area contributed by atoms with Crippen LogP contribution in [0.15, 0.2) is 17.1 Å². The summed E-state index contributed by atoms with van der Waals surface area (Å²) in [6, 6.07) is 4.46. The first-order valence-electron chi connectivity index (χ1n) is 7.26. The largest absolute Gasteiger partial charge is 0.486 e. The van der Waals surface area contributed by atoms with Gasteiger partial charge in [0.15, 0.2) is 17.5 Å². The van der Waals surface area contributed by atoms with Gasteiger partial charge in [-0.25, -0.2) is 0 Å². The van der Waals surface area contributed by atoms with Crippen molar-refractivity contribution in [2.24, 2.45) is 10.7 Å². The van der Waals surface area contributed by atoms with E-state index in [1.165, 1.54) is 12.8 Å². The number of benzene rings is 1. The second-order valence-electron chi connectivity index (χ2n) is 5.43. The van der Waals surface area contributed by atoms with Crippen LogP contribution in [0.4, 0.5) is 0 Å². The molecule has 114 valence electrons. The Kier molecular flexibility index (Phi) is 4.10. The smallest absolute Gasteiger partial charge is 0.191 e. The Morgan fingerprint density at radius 3 is 2.90 bits per heavy atom. The van der Waals surface area contributed by atoms with Gasteiger partial charge in [0.25, 0.3) is 0 Å². The maximum absolute atomic E-state index is 6.22. The molecule has 1 aromatic rings. The van der Waals surface area contributed by atoms with Gasteiger partial charge in [-0.1, -0.05) is 11.6 Å². The van der Waals surface area contributed by atoms with Gasteiger partial charge in [0, 0.05) is 19.6 Å². The molecule has 0 saturated heterocycles. The fourth-order valence-corrected chi connectivity index (χ4v) is 2.66. The van der Waals surface area contributed by atoms with E-state index in [2.05, 4.69) is 9.89 Å². The number of halogens is 1. The molecule has 0 bridgehead atoms. The lowest BCUT2D eigenvalue weighted by Crippen LogP contribution is -2.35. The van der Waals surface area contributed by atoms with Gasteiger partial charge in [0.05, 0.1) is 5.02 Å². The van der Waals surface area contributed by atoms with Crippen molar-refractivity contribution in [3.63, 3.8) is 0 Å². The molecule has 1 aliphatic heterocycles. The number of fused-ring (bicyclic) bond motifs is 1. The van der Waals surface area contributed by atoms with Crippen molar-refractivity contribution in [2.75, 3.05) is 26.8 Å². The zero-order valence-electron chi connectivity index (χ0n) is 12.1. The number of aliphatic imine (C=N–C) groups is 1. The van der Waals surface area contributed by atoms with E-state index in [9.17, 15) is 0 Å². The van der Waals surface area contributed by atoms with Crippen molar-refractivity contribution < 1.29 is 9.47 Å². The van der Waals surface area contributed by atoms with Gasteiger partial charge in [-0.2, -0.15) is 0 Å². The molecule has 0 radical (unpaired) electrons. The predicted molar refractivity (Wildman–Crippen MR) is 83.4 cm³/mol. The topological polar surface area (TPSA) is 60.1 Å². The molecule has 1 aliphatic carbocycles. The highest BCUT2D eigenvalue weighted by Crippen LogP contribution is 2.38. The second-order valence-corrected chi connectivity index (χ2v) is 5.84. The number of nitrogens with zero attached hydrogens (tertiary/aromatic N) is 2. The van der Waals surface area contributed by atoms with Crippen LogP contribution in [0, 0.1) is 0 Å². The second kappa shape index (κ2) is 6.02. The molecule has 21 heavy (non-hydrogen) atoms. The minimum atomic E-state index is 0.542. The van der Waals surface area contributed by atoms with E-state index in [0.717, 1.165) is 17.7 Å². The Labute approximate surface area is 129 Å². The summed E-state index contributed by atoms with van der Waals surface area (Å²) in [5, 5.41) is 0.592. The molecular formula is C15H20ClN3O2. The highest BCUT2D eigenvalue weighted by molar-refractivity contribution is 6.32. The van der Waals surface area contributed by atoms with E-state index < -0.39 is 0 Å². The number of rotatable bonds is 4. The highest BCUT2D eigenvalue weighted by Gasteiger charge is 2.27. The Morgan fingerprint density at radius 1 is 1.38 bits per heavy atom. The van der Waals surface area contributed by atoms with Crippen LogP contribution in [0.1, 0.15) is 18.4 Å². The van der Waals surface area contributed by atoms with Gasteiger partial charge < -0.3 is 20.1 Å². The van der Waals surface area contributed by atoms with E-state index >= 15 is 0 Å². The van der Waals surface area contributed by atoms with Crippen LogP contribution in [0.3, 0.4) is 0 Å². The van der Waals surface area contributed by atoms with E-state index in [4.69, 9.17) is 26.8 Å². The summed E-state index contributed by atoms with van der Waals surface area (Å²) < 4.78 is 11.1. The van der Waals surface area contributed by atoms with E-state index in [-0.39, 0.29) is 0 Å². The molecule has 0 atom stereocenters. The number of nitrogens with two attached hydrogens (primary N) is 1. The summed E-state index contributed by atoms with van der Waals surface area (Å²) in [7, 11) is 2.00. The van der Waals surface area contributed by atoms with E-state index in [1.807, 2.05) is 19.2 Å². The summed E-state index contributed by atoms with van der Waals surface area (Å²) in [5.41, 5.74) is 7.05. The Morgan fingerprint density at radius 2 is 2.14 bits per heavy atom. The number of ether oxygens (including phenoxy) is 2. The molecule has 2 aliphatic rings. The minimum absolute atomic E-state index is 0.542. The van der Waals surface area contributed by atoms with Crippen molar-refractivity contribution >= 4 is 17.6 Å². The first-order chi connectivity index (χ1) is 10.1. The molecular weight excluding hydrogens is 290 g/mol. The molecule has 0 unspecified atom stereocenters. The summed E-state index contributed by atoms with van der Waals surface area (Å²) in [4.78, 5) is 6.48. The standard InChI is InChI=1S/C15H20ClN3O2/c1-19(11-2-3-11)15(17)18-5-4-10-8-12(16)14-13(9-10)20-6-7-21-14/h8-9,11H,2-7H2,1H3,(H2,17,18). The van der Waals surface area contributed by atoms with Crippen LogP contribution >= 0.6 is 11.6 Å². The first-order valence-corrected chi connectivity index (χ1v) is 7.63. The monoisotopic (exact) mass is 309 g/mol. The van der Waals surface area contributed by atoms with Crippen LogP contribution in [0.25, 0.3) is 0 Å². The maximum atomic E-state index is 6.22. The quantitative estimate of drug-likeness (QED) is 0.683. The Balaban J connectivity index is 1.62. The Bertz CT molecular complexity index is 558. The summed E-state index contributed by atoms with van der Waals surface area (Å²) in [6.45, 7) is 1.74. The minimum Gasteiger partial charge on any atom is -0.486 e. The SMILES string of the molecule is CN(C(N)=NCCc1cc(Cl)c2c(c1)OCCO2)C1CC1. The molecule has 0 amide bonds. The average molecular weight is 310 g/mol. The maximum Gasteiger partial charge on any atom is 0.191 e.